The number of benzene rings is 1. The number of hydrogen-bond donors (Lipinski definition) is 3. The second kappa shape index (κ2) is 6.03. The fourth-order valence-electron chi connectivity index (χ4n) is 1.12. The van der Waals surface area contributed by atoms with Crippen molar-refractivity contribution in [2.75, 3.05) is 11.9 Å². The van der Waals surface area contributed by atoms with Crippen molar-refractivity contribution < 1.29 is 0 Å². The third-order valence-corrected chi connectivity index (χ3v) is 1.94. The van der Waals surface area contributed by atoms with E-state index in [-0.39, 0.29) is 0 Å². The van der Waals surface area contributed by atoms with Gasteiger partial charge in [-0.1, -0.05) is 24.6 Å². The van der Waals surface area contributed by atoms with E-state index in [9.17, 15) is 0 Å². The van der Waals surface area contributed by atoms with Gasteiger partial charge in [-0.3, -0.25) is 10.4 Å². The van der Waals surface area contributed by atoms with Gasteiger partial charge in [0.15, 0.2) is 0 Å². The normalized spacial score (nSPS) is 11.3. The lowest BCUT2D eigenvalue weighted by Gasteiger charge is -2.08. The highest BCUT2D eigenvalue weighted by Gasteiger charge is 1.96. The predicted molar refractivity (Wildman–Crippen MR) is 64.7 cm³/mol. The first-order chi connectivity index (χ1) is 7.26. The van der Waals surface area contributed by atoms with E-state index in [0.717, 1.165) is 18.7 Å². The molecule has 4 heteroatoms. The van der Waals surface area contributed by atoms with Crippen LogP contribution in [0.15, 0.2) is 29.3 Å². The third-order valence-electron chi connectivity index (χ3n) is 1.94. The summed E-state index contributed by atoms with van der Waals surface area (Å²) in [4.78, 5) is 4.25. The van der Waals surface area contributed by atoms with E-state index >= 15 is 0 Å². The zero-order valence-corrected chi connectivity index (χ0v) is 9.25. The minimum atomic E-state index is 0.598. The first kappa shape index (κ1) is 11.5. The lowest BCUT2D eigenvalue weighted by molar-refractivity contribution is 0.905. The molecule has 1 aromatic carbocycles. The lowest BCUT2D eigenvalue weighted by Crippen LogP contribution is -2.36. The Balaban J connectivity index is 2.62. The molecule has 0 atom stereocenters. The molecule has 0 radical (unpaired) electrons. The van der Waals surface area contributed by atoms with Crippen LogP contribution in [-0.4, -0.2) is 12.5 Å². The smallest absolute Gasteiger partial charge is 0.210 e. The van der Waals surface area contributed by atoms with Gasteiger partial charge in [0.05, 0.1) is 0 Å². The number of anilines is 1. The zero-order valence-electron chi connectivity index (χ0n) is 9.25. The van der Waals surface area contributed by atoms with Gasteiger partial charge < -0.3 is 5.32 Å². The molecule has 0 aliphatic carbocycles. The second-order valence-electron chi connectivity index (χ2n) is 3.37. The fraction of sp³-hybridized carbons (Fsp3) is 0.364. The highest BCUT2D eigenvalue weighted by atomic mass is 15.3. The lowest BCUT2D eigenvalue weighted by atomic mass is 10.2. The zero-order chi connectivity index (χ0) is 11.1. The molecular formula is C11H18N4. The summed E-state index contributed by atoms with van der Waals surface area (Å²) in [6, 6.07) is 8.06. The van der Waals surface area contributed by atoms with E-state index in [1.54, 1.807) is 0 Å². The molecule has 4 N–H and O–H groups in total. The number of nitrogens with zero attached hydrogens (tertiary/aromatic N) is 1. The summed E-state index contributed by atoms with van der Waals surface area (Å²) in [5.74, 6) is 5.95. The highest BCUT2D eigenvalue weighted by molar-refractivity contribution is 5.93. The van der Waals surface area contributed by atoms with E-state index < -0.39 is 0 Å². The van der Waals surface area contributed by atoms with Crippen LogP contribution in [0.3, 0.4) is 0 Å². The van der Waals surface area contributed by atoms with Gasteiger partial charge in [-0.15, -0.1) is 0 Å². The molecule has 0 fully saturated rings. The summed E-state index contributed by atoms with van der Waals surface area (Å²) in [6.45, 7) is 4.89. The Morgan fingerprint density at radius 1 is 1.33 bits per heavy atom. The van der Waals surface area contributed by atoms with Gasteiger partial charge in [0.25, 0.3) is 0 Å². The van der Waals surface area contributed by atoms with Crippen molar-refractivity contribution in [2.24, 2.45) is 10.8 Å². The van der Waals surface area contributed by atoms with E-state index in [2.05, 4.69) is 29.6 Å². The van der Waals surface area contributed by atoms with Crippen molar-refractivity contribution >= 4 is 11.6 Å². The molecule has 0 heterocycles. The van der Waals surface area contributed by atoms with Crippen molar-refractivity contribution in [3.05, 3.63) is 29.8 Å². The number of aryl methyl sites for hydroxylation is 1. The maximum Gasteiger partial charge on any atom is 0.210 e. The summed E-state index contributed by atoms with van der Waals surface area (Å²) < 4.78 is 0. The van der Waals surface area contributed by atoms with Crippen molar-refractivity contribution in [1.29, 1.82) is 0 Å². The number of hydrazine groups is 1. The molecule has 0 saturated heterocycles. The summed E-state index contributed by atoms with van der Waals surface area (Å²) in [7, 11) is 0. The molecule has 4 nitrogen and oxygen atoms in total. The summed E-state index contributed by atoms with van der Waals surface area (Å²) in [6.07, 6.45) is 1.00. The highest BCUT2D eigenvalue weighted by Crippen LogP contribution is 2.07. The van der Waals surface area contributed by atoms with Gasteiger partial charge in [0.1, 0.15) is 0 Å². The van der Waals surface area contributed by atoms with E-state index in [1.165, 1.54) is 5.56 Å². The largest absolute Gasteiger partial charge is 0.325 e. The van der Waals surface area contributed by atoms with Crippen molar-refractivity contribution in [3.63, 3.8) is 0 Å². The van der Waals surface area contributed by atoms with Crippen LogP contribution in [0.4, 0.5) is 5.69 Å². The Morgan fingerprint density at radius 2 is 2.00 bits per heavy atom. The fourth-order valence-corrected chi connectivity index (χ4v) is 1.12. The number of aliphatic imine (C=N–C) groups is 1. The molecule has 0 aliphatic heterocycles. The van der Waals surface area contributed by atoms with Crippen LogP contribution < -0.4 is 16.6 Å². The Kier molecular flexibility index (Phi) is 4.63. The Bertz CT molecular complexity index is 316. The second-order valence-corrected chi connectivity index (χ2v) is 3.37. The first-order valence-corrected chi connectivity index (χ1v) is 5.11. The average molecular weight is 206 g/mol. The van der Waals surface area contributed by atoms with Gasteiger partial charge in [0, 0.05) is 12.2 Å². The average Bonchev–Trinajstić information content (AvgIpc) is 2.27. The predicted octanol–water partition coefficient (Wildman–Crippen LogP) is 1.64. The van der Waals surface area contributed by atoms with E-state index in [0.29, 0.717) is 5.96 Å². The molecule has 0 unspecified atom stereocenters. The monoisotopic (exact) mass is 206 g/mol. The SMILES string of the molecule is CCCN=C(NN)Nc1ccc(C)cc1. The van der Waals surface area contributed by atoms with Crippen molar-refractivity contribution in [3.8, 4) is 0 Å². The summed E-state index contributed by atoms with van der Waals surface area (Å²) >= 11 is 0. The standard InChI is InChI=1S/C11H18N4/c1-3-8-13-11(15-12)14-10-6-4-9(2)5-7-10/h4-7H,3,8,12H2,1-2H3,(H2,13,14,15). The van der Waals surface area contributed by atoms with Crippen LogP contribution in [0, 0.1) is 6.92 Å². The molecule has 1 aromatic rings. The maximum atomic E-state index is 5.35. The van der Waals surface area contributed by atoms with Gasteiger partial charge in [-0.25, -0.2) is 5.84 Å². The molecule has 0 spiro atoms. The number of hydrogen-bond acceptors (Lipinski definition) is 2. The number of nitrogens with one attached hydrogen (secondary N) is 2. The third kappa shape index (κ3) is 3.99. The van der Waals surface area contributed by atoms with E-state index in [1.807, 2.05) is 24.3 Å². The summed E-state index contributed by atoms with van der Waals surface area (Å²) in [5, 5.41) is 3.10. The molecule has 0 amide bonds. The van der Waals surface area contributed by atoms with Crippen LogP contribution in [-0.2, 0) is 0 Å². The van der Waals surface area contributed by atoms with Crippen LogP contribution in [0.1, 0.15) is 18.9 Å². The molecule has 0 aliphatic rings. The van der Waals surface area contributed by atoms with Gasteiger partial charge >= 0.3 is 0 Å². The quantitative estimate of drug-likeness (QED) is 0.305. The van der Waals surface area contributed by atoms with Crippen molar-refractivity contribution in [2.45, 2.75) is 20.3 Å². The molecule has 15 heavy (non-hydrogen) atoms. The maximum absolute atomic E-state index is 5.35. The minimum Gasteiger partial charge on any atom is -0.325 e. The van der Waals surface area contributed by atoms with Crippen molar-refractivity contribution in [1.82, 2.24) is 5.43 Å². The molecule has 0 saturated carbocycles. The molecule has 1 rings (SSSR count). The first-order valence-electron chi connectivity index (χ1n) is 5.11. The molecule has 0 aromatic heterocycles. The van der Waals surface area contributed by atoms with Crippen LogP contribution >= 0.6 is 0 Å². The Hall–Kier alpha value is -1.55. The molecular weight excluding hydrogens is 188 g/mol. The topological polar surface area (TPSA) is 62.4 Å². The summed E-state index contributed by atoms with van der Waals surface area (Å²) in [5.41, 5.74) is 4.75. The Labute approximate surface area is 90.6 Å². The van der Waals surface area contributed by atoms with Gasteiger partial charge in [0.2, 0.25) is 5.96 Å². The van der Waals surface area contributed by atoms with Crippen LogP contribution in [0.25, 0.3) is 0 Å². The van der Waals surface area contributed by atoms with Gasteiger partial charge in [-0.05, 0) is 25.5 Å². The Morgan fingerprint density at radius 3 is 2.53 bits per heavy atom. The molecule has 0 bridgehead atoms. The number of rotatable bonds is 3. The van der Waals surface area contributed by atoms with Gasteiger partial charge in [-0.2, -0.15) is 0 Å². The molecule has 82 valence electrons. The number of guanidine groups is 1. The minimum absolute atomic E-state index is 0.598. The van der Waals surface area contributed by atoms with Crippen LogP contribution in [0.2, 0.25) is 0 Å². The van der Waals surface area contributed by atoms with Crippen LogP contribution in [0.5, 0.6) is 0 Å². The van der Waals surface area contributed by atoms with E-state index in [4.69, 9.17) is 5.84 Å². The number of nitrogens with two attached hydrogens (primary N) is 1.